The highest BCUT2D eigenvalue weighted by Crippen LogP contribution is 2.41. The van der Waals surface area contributed by atoms with Gasteiger partial charge in [-0.1, -0.05) is 29.3 Å². The summed E-state index contributed by atoms with van der Waals surface area (Å²) in [6.07, 6.45) is 2.69. The van der Waals surface area contributed by atoms with Crippen LogP contribution in [0, 0.1) is 5.92 Å². The van der Waals surface area contributed by atoms with Gasteiger partial charge in [0.05, 0.1) is 10.0 Å². The van der Waals surface area contributed by atoms with Gasteiger partial charge in [-0.05, 0) is 37.1 Å². The van der Waals surface area contributed by atoms with E-state index in [2.05, 4.69) is 14.9 Å². The SMILES string of the molecule is NC[C@@H]1CCN(c2nc3nc(N)ncc3cc2-c2c(Cl)cccc2Cl)C1. The zero-order valence-electron chi connectivity index (χ0n) is 14.0. The van der Waals surface area contributed by atoms with Crippen LogP contribution in [-0.2, 0) is 0 Å². The molecule has 4 rings (SSSR count). The number of halogens is 2. The second kappa shape index (κ2) is 6.87. The normalized spacial score (nSPS) is 17.2. The first-order chi connectivity index (χ1) is 12.6. The van der Waals surface area contributed by atoms with Crippen molar-refractivity contribution in [3.63, 3.8) is 0 Å². The average Bonchev–Trinajstić information content (AvgIpc) is 3.10. The molecule has 0 amide bonds. The Bertz CT molecular complexity index is 957. The summed E-state index contributed by atoms with van der Waals surface area (Å²) in [5.74, 6) is 1.43. The van der Waals surface area contributed by atoms with Crippen LogP contribution in [0.5, 0.6) is 0 Å². The van der Waals surface area contributed by atoms with E-state index in [0.717, 1.165) is 41.8 Å². The van der Waals surface area contributed by atoms with E-state index in [-0.39, 0.29) is 5.95 Å². The van der Waals surface area contributed by atoms with Gasteiger partial charge < -0.3 is 16.4 Å². The third-order valence-electron chi connectivity index (χ3n) is 4.72. The number of benzene rings is 1. The van der Waals surface area contributed by atoms with Crippen molar-refractivity contribution in [2.45, 2.75) is 6.42 Å². The van der Waals surface area contributed by atoms with E-state index in [1.165, 1.54) is 0 Å². The summed E-state index contributed by atoms with van der Waals surface area (Å²) in [7, 11) is 0. The van der Waals surface area contributed by atoms with Gasteiger partial charge in [-0.3, -0.25) is 0 Å². The predicted molar refractivity (Wildman–Crippen MR) is 107 cm³/mol. The van der Waals surface area contributed by atoms with Crippen LogP contribution in [-0.4, -0.2) is 34.6 Å². The molecule has 0 radical (unpaired) electrons. The number of hydrogen-bond donors (Lipinski definition) is 2. The first-order valence-corrected chi connectivity index (χ1v) is 9.15. The summed E-state index contributed by atoms with van der Waals surface area (Å²) in [5.41, 5.74) is 13.8. The third-order valence-corrected chi connectivity index (χ3v) is 5.35. The topological polar surface area (TPSA) is 94.0 Å². The van der Waals surface area contributed by atoms with E-state index >= 15 is 0 Å². The van der Waals surface area contributed by atoms with E-state index < -0.39 is 0 Å². The van der Waals surface area contributed by atoms with E-state index in [9.17, 15) is 0 Å². The molecular weight excluding hydrogens is 371 g/mol. The molecule has 1 fully saturated rings. The van der Waals surface area contributed by atoms with Crippen molar-refractivity contribution >= 4 is 46.0 Å². The summed E-state index contributed by atoms with van der Waals surface area (Å²) >= 11 is 12.9. The second-order valence-electron chi connectivity index (χ2n) is 6.43. The molecule has 0 spiro atoms. The molecule has 134 valence electrons. The van der Waals surface area contributed by atoms with Crippen molar-refractivity contribution in [2.24, 2.45) is 11.7 Å². The van der Waals surface area contributed by atoms with Crippen molar-refractivity contribution in [1.29, 1.82) is 0 Å². The van der Waals surface area contributed by atoms with Gasteiger partial charge >= 0.3 is 0 Å². The molecule has 1 aromatic carbocycles. The van der Waals surface area contributed by atoms with Crippen LogP contribution in [0.1, 0.15) is 6.42 Å². The van der Waals surface area contributed by atoms with E-state index in [1.807, 2.05) is 24.3 Å². The molecule has 1 aliphatic rings. The van der Waals surface area contributed by atoms with Gasteiger partial charge in [0.25, 0.3) is 0 Å². The molecule has 3 heterocycles. The number of hydrogen-bond acceptors (Lipinski definition) is 6. The van der Waals surface area contributed by atoms with Crippen molar-refractivity contribution in [2.75, 3.05) is 30.3 Å². The maximum absolute atomic E-state index is 6.47. The minimum Gasteiger partial charge on any atom is -0.368 e. The van der Waals surface area contributed by atoms with Gasteiger partial charge in [-0.15, -0.1) is 0 Å². The molecule has 0 saturated carbocycles. The fourth-order valence-corrected chi connectivity index (χ4v) is 3.97. The highest BCUT2D eigenvalue weighted by Gasteiger charge is 2.26. The molecule has 8 heteroatoms. The van der Waals surface area contributed by atoms with Crippen LogP contribution in [0.15, 0.2) is 30.5 Å². The van der Waals surface area contributed by atoms with Gasteiger partial charge in [0.1, 0.15) is 5.82 Å². The van der Waals surface area contributed by atoms with E-state index in [4.69, 9.17) is 39.7 Å². The lowest BCUT2D eigenvalue weighted by molar-refractivity contribution is 0.602. The number of fused-ring (bicyclic) bond motifs is 1. The molecule has 6 nitrogen and oxygen atoms in total. The molecule has 2 aromatic heterocycles. The number of nitrogen functional groups attached to an aromatic ring is 1. The first kappa shape index (κ1) is 17.3. The molecule has 4 N–H and O–H groups in total. The minimum absolute atomic E-state index is 0.195. The van der Waals surface area contributed by atoms with Crippen LogP contribution in [0.2, 0.25) is 10.0 Å². The number of aromatic nitrogens is 3. The third kappa shape index (κ3) is 3.05. The lowest BCUT2D eigenvalue weighted by atomic mass is 10.0. The molecule has 1 atom stereocenters. The summed E-state index contributed by atoms with van der Waals surface area (Å²) in [6.45, 7) is 2.36. The molecule has 3 aromatic rings. The zero-order chi connectivity index (χ0) is 18.3. The summed E-state index contributed by atoms with van der Waals surface area (Å²) in [6, 6.07) is 7.44. The van der Waals surface area contributed by atoms with Gasteiger partial charge in [0.15, 0.2) is 5.65 Å². The number of rotatable bonds is 3. The maximum atomic E-state index is 6.47. The Morgan fingerprint density at radius 1 is 1.19 bits per heavy atom. The van der Waals surface area contributed by atoms with Crippen molar-refractivity contribution in [3.8, 4) is 11.1 Å². The highest BCUT2D eigenvalue weighted by molar-refractivity contribution is 6.39. The van der Waals surface area contributed by atoms with E-state index in [0.29, 0.717) is 28.2 Å². The molecule has 26 heavy (non-hydrogen) atoms. The Morgan fingerprint density at radius 3 is 2.65 bits per heavy atom. The fraction of sp³-hybridized carbons (Fsp3) is 0.278. The van der Waals surface area contributed by atoms with Crippen molar-refractivity contribution in [3.05, 3.63) is 40.5 Å². The number of pyridine rings is 1. The van der Waals surface area contributed by atoms with Crippen LogP contribution in [0.25, 0.3) is 22.2 Å². The van der Waals surface area contributed by atoms with Gasteiger partial charge in [0.2, 0.25) is 5.95 Å². The standard InChI is InChI=1S/C18H18Cl2N6/c19-13-2-1-3-14(20)15(13)12-6-11-8-23-18(22)25-16(11)24-17(12)26-5-4-10(7-21)9-26/h1-3,6,8,10H,4-5,7,9,21H2,(H2,22,23,24,25)/t10-/m0/s1. The lowest BCUT2D eigenvalue weighted by Crippen LogP contribution is -2.24. The fourth-order valence-electron chi connectivity index (χ4n) is 3.36. The molecule has 1 aliphatic heterocycles. The number of anilines is 2. The highest BCUT2D eigenvalue weighted by atomic mass is 35.5. The minimum atomic E-state index is 0.195. The van der Waals surface area contributed by atoms with Gasteiger partial charge in [-0.25, -0.2) is 9.97 Å². The quantitative estimate of drug-likeness (QED) is 0.714. The molecule has 0 aliphatic carbocycles. The molecular formula is C18H18Cl2N6. The molecule has 1 saturated heterocycles. The Labute approximate surface area is 161 Å². The zero-order valence-corrected chi connectivity index (χ0v) is 15.5. The Morgan fingerprint density at radius 2 is 1.96 bits per heavy atom. The monoisotopic (exact) mass is 388 g/mol. The Balaban J connectivity index is 1.95. The summed E-state index contributed by atoms with van der Waals surface area (Å²) < 4.78 is 0. The second-order valence-corrected chi connectivity index (χ2v) is 7.25. The maximum Gasteiger partial charge on any atom is 0.222 e. The van der Waals surface area contributed by atoms with Crippen LogP contribution in [0.3, 0.4) is 0 Å². The van der Waals surface area contributed by atoms with Gasteiger partial charge in [0, 0.05) is 35.8 Å². The summed E-state index contributed by atoms with van der Waals surface area (Å²) in [4.78, 5) is 15.3. The number of nitrogens with two attached hydrogens (primary N) is 2. The van der Waals surface area contributed by atoms with Crippen LogP contribution >= 0.6 is 23.2 Å². The smallest absolute Gasteiger partial charge is 0.222 e. The van der Waals surface area contributed by atoms with E-state index in [1.54, 1.807) is 6.20 Å². The predicted octanol–water partition coefficient (Wildman–Crippen LogP) is 3.37. The Kier molecular flexibility index (Phi) is 4.56. The summed E-state index contributed by atoms with van der Waals surface area (Å²) in [5, 5.41) is 1.93. The average molecular weight is 389 g/mol. The van der Waals surface area contributed by atoms with Crippen molar-refractivity contribution in [1.82, 2.24) is 15.0 Å². The van der Waals surface area contributed by atoms with Crippen LogP contribution < -0.4 is 16.4 Å². The largest absolute Gasteiger partial charge is 0.368 e. The lowest BCUT2D eigenvalue weighted by Gasteiger charge is -2.22. The first-order valence-electron chi connectivity index (χ1n) is 8.39. The van der Waals surface area contributed by atoms with Crippen molar-refractivity contribution < 1.29 is 0 Å². The number of nitrogens with zero attached hydrogens (tertiary/aromatic N) is 4. The Hall–Kier alpha value is -2.15. The molecule has 0 bridgehead atoms. The van der Waals surface area contributed by atoms with Gasteiger partial charge in [-0.2, -0.15) is 4.98 Å². The molecule has 0 unspecified atom stereocenters. The van der Waals surface area contributed by atoms with Crippen LogP contribution in [0.4, 0.5) is 11.8 Å².